The molecule has 1 N–H and O–H groups in total. The molecule has 0 atom stereocenters. The largest absolute Gasteiger partial charge is 0.504 e. The van der Waals surface area contributed by atoms with Gasteiger partial charge in [0.25, 0.3) is 0 Å². The zero-order chi connectivity index (χ0) is 12.2. The first-order chi connectivity index (χ1) is 7.42. The topological polar surface area (TPSA) is 51.0 Å². The number of methoxy groups -OCH3 is 1. The van der Waals surface area contributed by atoms with Crippen molar-refractivity contribution in [1.29, 1.82) is 0 Å². The van der Waals surface area contributed by atoms with E-state index in [2.05, 4.69) is 14.7 Å². The predicted molar refractivity (Wildman–Crippen MR) is 49.3 cm³/mol. The third kappa shape index (κ3) is 2.37. The molecule has 0 aliphatic heterocycles. The highest BCUT2D eigenvalue weighted by Gasteiger charge is 2.00. The average molecular weight is 184 g/mol. The molecule has 0 saturated heterocycles. The highest BCUT2D eigenvalue weighted by atomic mass is 16.6. The molecule has 0 saturated carbocycles. The summed E-state index contributed by atoms with van der Waals surface area (Å²) in [6.07, 6.45) is 1.37. The van der Waals surface area contributed by atoms with E-state index in [0.29, 0.717) is 5.56 Å². The molecule has 0 bridgehead atoms. The monoisotopic (exact) mass is 184 g/mol. The van der Waals surface area contributed by atoms with Gasteiger partial charge in [-0.15, -0.1) is 0 Å². The third-order valence-corrected chi connectivity index (χ3v) is 1.40. The van der Waals surface area contributed by atoms with Gasteiger partial charge in [0.15, 0.2) is 11.5 Å². The number of rotatable bonds is 3. The highest BCUT2D eigenvalue weighted by molar-refractivity contribution is 5.80. The van der Waals surface area contributed by atoms with Gasteiger partial charge in [-0.05, 0) is 18.2 Å². The fraction of sp³-hybridized carbons (Fsp3) is 0.222. The lowest BCUT2D eigenvalue weighted by molar-refractivity contribution is 0.215. The number of phenolic OH excluding ortho intramolecular Hbond substituents is 1. The summed E-state index contributed by atoms with van der Waals surface area (Å²) in [7, 11) is -1.22. The number of phenols is 1. The molecule has 0 radical (unpaired) electrons. The molecular weight excluding hydrogens is 170 g/mol. The normalized spacial score (nSPS) is 14.7. The van der Waals surface area contributed by atoms with Gasteiger partial charge in [0.1, 0.15) is 7.11 Å². The minimum Gasteiger partial charge on any atom is -0.504 e. The number of hydrogen-bond donors (Lipinski definition) is 1. The fourth-order valence-corrected chi connectivity index (χ4v) is 0.806. The van der Waals surface area contributed by atoms with Crippen LogP contribution < -0.4 is 4.74 Å². The second kappa shape index (κ2) is 4.35. The number of benzene rings is 1. The van der Waals surface area contributed by atoms with Gasteiger partial charge in [-0.2, -0.15) is 0 Å². The highest BCUT2D eigenvalue weighted by Crippen LogP contribution is 2.25. The lowest BCUT2D eigenvalue weighted by atomic mass is 10.2. The molecule has 0 aliphatic rings. The van der Waals surface area contributed by atoms with E-state index in [1.165, 1.54) is 25.5 Å². The van der Waals surface area contributed by atoms with E-state index >= 15 is 0 Å². The van der Waals surface area contributed by atoms with E-state index in [-0.39, 0.29) is 11.5 Å². The molecule has 0 aromatic heterocycles. The SMILES string of the molecule is [2H]C([2H])([2H])Oc1cc(/C=N/OC)ccc1O. The standard InChI is InChI=1S/C9H11NO3/c1-12-9-5-7(6-10-13-2)3-4-8(9)11/h3-6,11H,1-2H3/b10-6+/i1D3. The first-order valence-corrected chi connectivity index (χ1v) is 3.51. The molecule has 0 spiro atoms. The second-order valence-electron chi connectivity index (χ2n) is 2.25. The summed E-state index contributed by atoms with van der Waals surface area (Å²) in [6.45, 7) is 0. The molecule has 4 nitrogen and oxygen atoms in total. The van der Waals surface area contributed by atoms with Gasteiger partial charge in [-0.25, -0.2) is 0 Å². The van der Waals surface area contributed by atoms with Crippen molar-refractivity contribution in [2.75, 3.05) is 14.1 Å². The van der Waals surface area contributed by atoms with Crippen LogP contribution in [0.1, 0.15) is 9.68 Å². The summed E-state index contributed by atoms with van der Waals surface area (Å²) < 4.78 is 25.3. The summed E-state index contributed by atoms with van der Waals surface area (Å²) in [6, 6.07) is 4.21. The number of nitrogens with zero attached hydrogens (tertiary/aromatic N) is 1. The van der Waals surface area contributed by atoms with E-state index in [1.54, 1.807) is 6.07 Å². The van der Waals surface area contributed by atoms with Gasteiger partial charge in [0.2, 0.25) is 0 Å². The van der Waals surface area contributed by atoms with Crippen LogP contribution in [0, 0.1) is 0 Å². The Hall–Kier alpha value is -1.71. The molecule has 0 amide bonds. The first kappa shape index (κ1) is 5.85. The van der Waals surface area contributed by atoms with E-state index in [4.69, 9.17) is 4.11 Å². The molecule has 0 unspecified atom stereocenters. The summed E-state index contributed by atoms with van der Waals surface area (Å²) in [4.78, 5) is 4.47. The molecule has 0 heterocycles. The molecule has 13 heavy (non-hydrogen) atoms. The Morgan fingerprint density at radius 2 is 2.46 bits per heavy atom. The Labute approximate surface area is 80.6 Å². The Kier molecular flexibility index (Phi) is 1.96. The summed E-state index contributed by atoms with van der Waals surface area (Å²) in [5.41, 5.74) is 0.555. The first-order valence-electron chi connectivity index (χ1n) is 5.01. The Balaban J connectivity index is 2.95. The quantitative estimate of drug-likeness (QED) is 0.570. The minimum atomic E-state index is -2.60. The lowest BCUT2D eigenvalue weighted by Gasteiger charge is -2.02. The summed E-state index contributed by atoms with van der Waals surface area (Å²) in [5, 5.41) is 12.9. The van der Waals surface area contributed by atoms with Crippen molar-refractivity contribution in [1.82, 2.24) is 0 Å². The maximum atomic E-state index is 9.37. The Bertz CT molecular complexity index is 390. The smallest absolute Gasteiger partial charge is 0.161 e. The number of aromatic hydroxyl groups is 1. The Morgan fingerprint density at radius 3 is 3.15 bits per heavy atom. The molecule has 4 heteroatoms. The van der Waals surface area contributed by atoms with Gasteiger partial charge in [-0.3, -0.25) is 0 Å². The van der Waals surface area contributed by atoms with Gasteiger partial charge < -0.3 is 14.7 Å². The van der Waals surface area contributed by atoms with Crippen LogP contribution in [0.25, 0.3) is 0 Å². The van der Waals surface area contributed by atoms with Crippen LogP contribution >= 0.6 is 0 Å². The molecule has 1 aromatic rings. The van der Waals surface area contributed by atoms with Crippen molar-refractivity contribution in [2.45, 2.75) is 0 Å². The molecular formula is C9H11NO3. The molecule has 0 fully saturated rings. The van der Waals surface area contributed by atoms with E-state index < -0.39 is 7.04 Å². The van der Waals surface area contributed by atoms with Crippen LogP contribution in [-0.2, 0) is 4.84 Å². The van der Waals surface area contributed by atoms with Crippen LogP contribution in [0.2, 0.25) is 0 Å². The number of hydrogen-bond acceptors (Lipinski definition) is 4. The number of ether oxygens (including phenoxy) is 1. The maximum absolute atomic E-state index is 9.37. The van der Waals surface area contributed by atoms with Gasteiger partial charge >= 0.3 is 0 Å². The van der Waals surface area contributed by atoms with E-state index in [0.717, 1.165) is 0 Å². The van der Waals surface area contributed by atoms with Crippen LogP contribution in [0.3, 0.4) is 0 Å². The molecule has 1 aromatic carbocycles. The van der Waals surface area contributed by atoms with Crippen molar-refractivity contribution in [3.05, 3.63) is 23.8 Å². The van der Waals surface area contributed by atoms with Crippen molar-refractivity contribution in [3.63, 3.8) is 0 Å². The zero-order valence-electron chi connectivity index (χ0n) is 10.0. The minimum absolute atomic E-state index is 0.125. The predicted octanol–water partition coefficient (Wildman–Crippen LogP) is 1.38. The van der Waals surface area contributed by atoms with Crippen LogP contribution in [0.5, 0.6) is 11.5 Å². The molecule has 0 aliphatic carbocycles. The summed E-state index contributed by atoms with van der Waals surface area (Å²) >= 11 is 0. The van der Waals surface area contributed by atoms with Crippen LogP contribution in [-0.4, -0.2) is 25.5 Å². The Morgan fingerprint density at radius 1 is 1.62 bits per heavy atom. The molecule has 70 valence electrons. The van der Waals surface area contributed by atoms with Gasteiger partial charge in [-0.1, -0.05) is 5.16 Å². The van der Waals surface area contributed by atoms with Crippen molar-refractivity contribution < 1.29 is 18.8 Å². The van der Waals surface area contributed by atoms with Crippen molar-refractivity contribution in [3.8, 4) is 11.5 Å². The van der Waals surface area contributed by atoms with Crippen molar-refractivity contribution >= 4 is 6.21 Å². The third-order valence-electron chi connectivity index (χ3n) is 1.40. The summed E-state index contributed by atoms with van der Waals surface area (Å²) in [5.74, 6) is -0.370. The second-order valence-corrected chi connectivity index (χ2v) is 2.25. The van der Waals surface area contributed by atoms with Gasteiger partial charge in [0, 0.05) is 5.56 Å². The number of oxime groups is 1. The fourth-order valence-electron chi connectivity index (χ4n) is 0.806. The average Bonchev–Trinajstić information content (AvgIpc) is 2.17. The van der Waals surface area contributed by atoms with E-state index in [9.17, 15) is 5.11 Å². The lowest BCUT2D eigenvalue weighted by Crippen LogP contribution is -1.87. The van der Waals surface area contributed by atoms with Crippen molar-refractivity contribution in [2.24, 2.45) is 5.16 Å². The van der Waals surface area contributed by atoms with Crippen LogP contribution in [0.15, 0.2) is 23.4 Å². The van der Waals surface area contributed by atoms with E-state index in [1.807, 2.05) is 0 Å². The van der Waals surface area contributed by atoms with Gasteiger partial charge in [0.05, 0.1) is 17.4 Å². The van der Waals surface area contributed by atoms with Crippen LogP contribution in [0.4, 0.5) is 0 Å². The molecule has 1 rings (SSSR count). The zero-order valence-corrected chi connectivity index (χ0v) is 7.02. The maximum Gasteiger partial charge on any atom is 0.161 e.